The summed E-state index contributed by atoms with van der Waals surface area (Å²) in [6.45, 7) is 1.25. The smallest absolute Gasteiger partial charge is 0.245 e. The lowest BCUT2D eigenvalue weighted by Gasteiger charge is -2.30. The molecule has 28 heteroatoms. The van der Waals surface area contributed by atoms with Crippen LogP contribution >= 0.6 is 21.6 Å². The number of phenolic OH excluding ortho intramolecular Hbond substituents is 1. The molecule has 11 atom stereocenters. The Bertz CT molecular complexity index is 2750. The molecule has 0 aromatic heterocycles. The lowest BCUT2D eigenvalue weighted by atomic mass is 9.84. The van der Waals surface area contributed by atoms with E-state index >= 15 is 0 Å². The number of carbonyl (C=O) groups is 9. The van der Waals surface area contributed by atoms with Gasteiger partial charge in [-0.25, -0.2) is 0 Å². The lowest BCUT2D eigenvalue weighted by Crippen LogP contribution is -2.62. The number of hydrogen-bond acceptors (Lipinski definition) is 17. The molecule has 0 saturated carbocycles. The summed E-state index contributed by atoms with van der Waals surface area (Å²) in [6, 6.07) is 1.96. The summed E-state index contributed by atoms with van der Waals surface area (Å²) in [4.78, 5) is 139. The number of aliphatic hydroxyl groups is 1. The number of nitrogens with two attached hydrogens (primary N) is 4. The van der Waals surface area contributed by atoms with E-state index < -0.39 is 114 Å². The number of aliphatic hydroxyl groups excluding tert-OH is 1. The molecule has 26 nitrogen and oxygen atoms in total. The summed E-state index contributed by atoms with van der Waals surface area (Å²) >= 11 is 0. The number of unbranched alkanes of at least 4 members (excludes halogenated alkanes) is 1. The molecule has 0 spiro atoms. The normalized spacial score (nSPS) is 26.0. The first-order valence-corrected chi connectivity index (χ1v) is 30.2. The molecule has 11 unspecified atom stereocenters. The molecule has 2 aromatic rings. The van der Waals surface area contributed by atoms with Crippen LogP contribution in [0, 0.1) is 5.92 Å². The minimum absolute atomic E-state index is 0.00760. The van der Waals surface area contributed by atoms with Crippen LogP contribution in [-0.2, 0) is 56.0 Å². The summed E-state index contributed by atoms with van der Waals surface area (Å²) in [5, 5.41) is 45.2. The maximum atomic E-state index is 14.9. The van der Waals surface area contributed by atoms with E-state index in [1.54, 1.807) is 48.7 Å². The molecule has 450 valence electrons. The number of carbonyl (C=O) groups excluding carboxylic acids is 9. The number of phenols is 1. The number of aliphatic imine (C=N–C) groups is 2. The maximum absolute atomic E-state index is 14.9. The van der Waals surface area contributed by atoms with E-state index in [0.717, 1.165) is 39.3 Å². The fourth-order valence-corrected chi connectivity index (χ4v) is 11.9. The molecule has 2 saturated heterocycles. The zero-order chi connectivity index (χ0) is 60.0. The second-order valence-electron chi connectivity index (χ2n) is 20.7. The zero-order valence-corrected chi connectivity index (χ0v) is 47.8. The fourth-order valence-electron chi connectivity index (χ4n) is 9.59. The molecule has 6 rings (SSSR count). The van der Waals surface area contributed by atoms with Gasteiger partial charge in [-0.15, -0.1) is 0 Å². The maximum Gasteiger partial charge on any atom is 0.245 e. The number of nitrogens with one attached hydrogen (secondary N) is 9. The third-order valence-electron chi connectivity index (χ3n) is 14.2. The van der Waals surface area contributed by atoms with E-state index in [9.17, 15) is 53.4 Å². The van der Waals surface area contributed by atoms with Crippen molar-refractivity contribution >= 4 is 86.4 Å². The van der Waals surface area contributed by atoms with Gasteiger partial charge in [0.1, 0.15) is 54.1 Å². The van der Waals surface area contributed by atoms with Gasteiger partial charge in [-0.1, -0.05) is 70.1 Å². The van der Waals surface area contributed by atoms with Gasteiger partial charge < -0.3 is 81.0 Å². The molecule has 4 aliphatic rings. The van der Waals surface area contributed by atoms with Crippen LogP contribution in [0.3, 0.4) is 0 Å². The summed E-state index contributed by atoms with van der Waals surface area (Å²) in [5.41, 5.74) is 26.0. The zero-order valence-electron chi connectivity index (χ0n) is 46.2. The van der Waals surface area contributed by atoms with Gasteiger partial charge >= 0.3 is 0 Å². The molecule has 3 heterocycles. The fraction of sp³-hybridized carbons (Fsp3) is 0.509. The van der Waals surface area contributed by atoms with Crippen LogP contribution in [-0.4, -0.2) is 167 Å². The molecule has 2 aromatic carbocycles. The summed E-state index contributed by atoms with van der Waals surface area (Å²) in [7, 11) is 2.05. The van der Waals surface area contributed by atoms with Crippen molar-refractivity contribution in [3.8, 4) is 5.75 Å². The Balaban J connectivity index is 1.41. The monoisotopic (exact) mass is 1190 g/mol. The Hall–Kier alpha value is -7.53. The Kier molecular flexibility index (Phi) is 25.2. The Morgan fingerprint density at radius 2 is 1.31 bits per heavy atom. The SMILES string of the molecule is CC(O)C1NC(=O)C(CCCCN)NC(=O)C(CC2=CN=C3C=CCCC23)NC(=O)C(Cc2ccccc2)NC(=O)C2CSSCC(NC1=O)C(=O)NCCC(NC(=O)C(N)Cc1ccc(O)cc1)C(=O)NC(CCCN=C(N)N)C(=O)N2. The van der Waals surface area contributed by atoms with Gasteiger partial charge in [0.25, 0.3) is 0 Å². The van der Waals surface area contributed by atoms with Crippen molar-refractivity contribution < 1.29 is 53.4 Å². The molecule has 9 amide bonds. The van der Waals surface area contributed by atoms with Crippen LogP contribution < -0.4 is 70.8 Å². The van der Waals surface area contributed by atoms with Crippen molar-refractivity contribution in [3.63, 3.8) is 0 Å². The molecule has 1 aliphatic carbocycles. The topological polar surface area (TPSA) is 431 Å². The second kappa shape index (κ2) is 32.4. The average Bonchev–Trinajstić information content (AvgIpc) is 4.17. The van der Waals surface area contributed by atoms with Crippen molar-refractivity contribution in [2.45, 2.75) is 138 Å². The van der Waals surface area contributed by atoms with E-state index in [2.05, 4.69) is 57.8 Å². The highest BCUT2D eigenvalue weighted by atomic mass is 33.1. The number of fused-ring (bicyclic) bond motifs is 6. The van der Waals surface area contributed by atoms with Crippen LogP contribution in [0.25, 0.3) is 0 Å². The number of allylic oxidation sites excluding steroid dienone is 2. The summed E-state index contributed by atoms with van der Waals surface area (Å²) in [5.74, 6) is -8.42. The highest BCUT2D eigenvalue weighted by molar-refractivity contribution is 8.76. The lowest BCUT2D eigenvalue weighted by molar-refractivity contribution is -0.136. The van der Waals surface area contributed by atoms with Crippen molar-refractivity contribution in [1.82, 2.24) is 47.9 Å². The third kappa shape index (κ3) is 20.1. The third-order valence-corrected chi connectivity index (χ3v) is 16.6. The number of aromatic hydroxyl groups is 1. The molecule has 83 heavy (non-hydrogen) atoms. The summed E-state index contributed by atoms with van der Waals surface area (Å²) < 4.78 is 0. The van der Waals surface area contributed by atoms with Gasteiger partial charge in [0.2, 0.25) is 53.2 Å². The predicted molar refractivity (Wildman–Crippen MR) is 314 cm³/mol. The quantitative estimate of drug-likeness (QED) is 0.0339. The molecule has 2 bridgehead atoms. The second-order valence-corrected chi connectivity index (χ2v) is 23.3. The van der Waals surface area contributed by atoms with Gasteiger partial charge in [-0.05, 0) is 106 Å². The van der Waals surface area contributed by atoms with Crippen molar-refractivity contribution in [1.29, 1.82) is 0 Å². The van der Waals surface area contributed by atoms with E-state index in [0.29, 0.717) is 30.4 Å². The molecular weight excluding hydrogens is 1110 g/mol. The molecular formula is C55H77N15O11S2. The van der Waals surface area contributed by atoms with Gasteiger partial charge in [0, 0.05) is 55.3 Å². The average molecular weight is 1190 g/mol. The van der Waals surface area contributed by atoms with Gasteiger partial charge in [-0.3, -0.25) is 53.1 Å². The van der Waals surface area contributed by atoms with Crippen molar-refractivity contribution in [2.75, 3.05) is 31.1 Å². The van der Waals surface area contributed by atoms with E-state index in [4.69, 9.17) is 22.9 Å². The Morgan fingerprint density at radius 3 is 1.99 bits per heavy atom. The first-order valence-electron chi connectivity index (χ1n) is 27.7. The first-order chi connectivity index (χ1) is 39.8. The molecule has 2 fully saturated rings. The van der Waals surface area contributed by atoms with Crippen LogP contribution in [0.5, 0.6) is 5.75 Å². The number of benzene rings is 2. The Morgan fingerprint density at radius 1 is 0.711 bits per heavy atom. The van der Waals surface area contributed by atoms with Gasteiger partial charge in [-0.2, -0.15) is 0 Å². The van der Waals surface area contributed by atoms with E-state index in [1.807, 2.05) is 12.2 Å². The minimum atomic E-state index is -1.69. The number of amides is 9. The van der Waals surface area contributed by atoms with Crippen molar-refractivity contribution in [3.05, 3.63) is 89.6 Å². The van der Waals surface area contributed by atoms with Gasteiger partial charge in [0.15, 0.2) is 5.96 Å². The summed E-state index contributed by atoms with van der Waals surface area (Å²) in [6.07, 6.45) is 5.80. The van der Waals surface area contributed by atoms with Crippen LogP contribution in [0.15, 0.2) is 88.5 Å². The van der Waals surface area contributed by atoms with Crippen LogP contribution in [0.1, 0.15) is 75.8 Å². The molecule has 0 radical (unpaired) electrons. The van der Waals surface area contributed by atoms with Crippen LogP contribution in [0.4, 0.5) is 0 Å². The largest absolute Gasteiger partial charge is 0.508 e. The number of nitrogens with zero attached hydrogens (tertiary/aromatic N) is 2. The Labute approximate surface area is 489 Å². The number of guanidine groups is 1. The van der Waals surface area contributed by atoms with Gasteiger partial charge in [0.05, 0.1) is 12.1 Å². The predicted octanol–water partition coefficient (Wildman–Crippen LogP) is -2.44. The highest BCUT2D eigenvalue weighted by Gasteiger charge is 2.38. The number of rotatable bonds is 17. The van der Waals surface area contributed by atoms with Crippen molar-refractivity contribution in [2.24, 2.45) is 38.8 Å². The number of hydrogen-bond donors (Lipinski definition) is 15. The first kappa shape index (κ1) is 64.6. The highest BCUT2D eigenvalue weighted by Crippen LogP contribution is 2.32. The standard InChI is InChI=1S/C55H77N15O11S2/c1-30(71)45-54(81)69-43-28-82-83-29-44(68-48(75)39(15-9-22-61-55(58)59)64-49(76)40(20-23-60-47(43)74)63-46(73)36(57)24-32-16-18-34(72)19-17-32)53(80)66-41(25-31-10-3-2-4-11-31)51(78)67-42(26-33-27-62-37-13-6-5-12-35(33)37)52(79)65-38(50(77)70-45)14-7-8-21-56/h2-4,6,10-11,13,16-19,27,30,35-36,38-45,71-72H,5,7-9,12,14-15,20-26,28-29,56-57H2,1H3,(H,60,74)(H,63,73)(H,64,76)(H,65,79)(H,66,80)(H,67,78)(H,68,75)(H,69,81)(H,70,77)(H4,58,59,61). The van der Waals surface area contributed by atoms with E-state index in [-0.39, 0.29) is 93.7 Å². The molecule has 3 aliphatic heterocycles. The minimum Gasteiger partial charge on any atom is -0.508 e. The molecule has 19 N–H and O–H groups in total. The van der Waals surface area contributed by atoms with E-state index in [1.165, 1.54) is 19.1 Å². The van der Waals surface area contributed by atoms with Crippen LogP contribution in [0.2, 0.25) is 0 Å².